The van der Waals surface area contributed by atoms with E-state index in [1.54, 1.807) is 23.2 Å². The van der Waals surface area contributed by atoms with E-state index in [4.69, 9.17) is 16.6 Å². The van der Waals surface area contributed by atoms with Crippen molar-refractivity contribution in [1.29, 1.82) is 0 Å². The number of nitrogens with one attached hydrogen (secondary N) is 2. The molecule has 40 heavy (non-hydrogen) atoms. The van der Waals surface area contributed by atoms with E-state index in [-0.39, 0.29) is 24.3 Å². The van der Waals surface area contributed by atoms with Gasteiger partial charge in [-0.2, -0.15) is 0 Å². The second-order valence-corrected chi connectivity index (χ2v) is 11.6. The van der Waals surface area contributed by atoms with Crippen molar-refractivity contribution in [3.63, 3.8) is 0 Å². The summed E-state index contributed by atoms with van der Waals surface area (Å²) >= 11 is 6.43. The quantitative estimate of drug-likeness (QED) is 0.490. The van der Waals surface area contributed by atoms with Gasteiger partial charge in [0.05, 0.1) is 10.4 Å². The monoisotopic (exact) mass is 553 g/mol. The van der Waals surface area contributed by atoms with Gasteiger partial charge in [0.15, 0.2) is 0 Å². The van der Waals surface area contributed by atoms with Gasteiger partial charge >= 0.3 is 0 Å². The molecule has 2 aliphatic carbocycles. The van der Waals surface area contributed by atoms with Crippen LogP contribution >= 0.6 is 11.6 Å². The number of fused-ring (bicyclic) bond motifs is 3. The zero-order chi connectivity index (χ0) is 27.5. The number of pyridine rings is 1. The summed E-state index contributed by atoms with van der Waals surface area (Å²) in [6.07, 6.45) is 7.24. The largest absolute Gasteiger partial charge is 0.325 e. The van der Waals surface area contributed by atoms with E-state index in [1.165, 1.54) is 0 Å². The highest BCUT2D eigenvalue weighted by molar-refractivity contribution is 6.50. The van der Waals surface area contributed by atoms with Crippen LogP contribution in [0.3, 0.4) is 0 Å². The van der Waals surface area contributed by atoms with Crippen molar-refractivity contribution in [2.75, 3.05) is 17.2 Å². The lowest BCUT2D eigenvalue weighted by atomic mass is 9.79. The van der Waals surface area contributed by atoms with Gasteiger partial charge in [0.2, 0.25) is 11.8 Å². The Morgan fingerprint density at radius 1 is 1.00 bits per heavy atom. The molecule has 202 valence electrons. The second-order valence-electron chi connectivity index (χ2n) is 11.2. The number of carbonyl (C=O) groups excluding carboxylic acids is 3. The molecule has 7 rings (SSSR count). The van der Waals surface area contributed by atoms with E-state index in [1.807, 2.05) is 42.5 Å². The number of carbonyl (C=O) groups is 3. The fraction of sp³-hybridized carbons (Fsp3) is 0.323. The van der Waals surface area contributed by atoms with Crippen LogP contribution in [0.25, 0.3) is 0 Å². The molecule has 2 spiro atoms. The van der Waals surface area contributed by atoms with Crippen LogP contribution in [0.4, 0.5) is 11.5 Å². The summed E-state index contributed by atoms with van der Waals surface area (Å²) in [5.41, 5.74) is 3.20. The molecule has 2 aliphatic heterocycles. The first-order chi connectivity index (χ1) is 19.4. The zero-order valence-corrected chi connectivity index (χ0v) is 22.6. The summed E-state index contributed by atoms with van der Waals surface area (Å²) in [6.45, 7) is -0.0985. The number of anilines is 2. The molecule has 0 bridgehead atoms. The highest BCUT2D eigenvalue weighted by Gasteiger charge is 2.51. The van der Waals surface area contributed by atoms with E-state index in [9.17, 15) is 14.4 Å². The van der Waals surface area contributed by atoms with Gasteiger partial charge in [-0.15, -0.1) is 0 Å². The lowest BCUT2D eigenvalue weighted by Gasteiger charge is -2.38. The van der Waals surface area contributed by atoms with E-state index in [2.05, 4.69) is 15.6 Å². The molecule has 3 heterocycles. The summed E-state index contributed by atoms with van der Waals surface area (Å²) in [5.74, 6) is 0.0389. The van der Waals surface area contributed by atoms with Gasteiger partial charge in [0.1, 0.15) is 23.7 Å². The summed E-state index contributed by atoms with van der Waals surface area (Å²) in [6, 6.07) is 16.8. The summed E-state index contributed by atoms with van der Waals surface area (Å²) in [5, 5.41) is 6.39. The van der Waals surface area contributed by atoms with Crippen LogP contribution < -0.4 is 10.6 Å². The highest BCUT2D eigenvalue weighted by atomic mass is 35.5. The SMILES string of the molecule is O=C(CN1C(=O)C(c2ccccc2Cl)=NC12CCCCC2)Nc1ccc2c(c1)CC1(C2)C(=O)Nc2ncccc21. The Labute approximate surface area is 236 Å². The Morgan fingerprint density at radius 3 is 2.62 bits per heavy atom. The Morgan fingerprint density at radius 2 is 1.80 bits per heavy atom. The minimum Gasteiger partial charge on any atom is -0.325 e. The Hall–Kier alpha value is -4.04. The van der Waals surface area contributed by atoms with Gasteiger partial charge in [-0.25, -0.2) is 4.98 Å². The molecular weight excluding hydrogens is 526 g/mol. The van der Waals surface area contributed by atoms with E-state index >= 15 is 0 Å². The van der Waals surface area contributed by atoms with E-state index in [0.717, 1.165) is 48.8 Å². The van der Waals surface area contributed by atoms with Crippen molar-refractivity contribution in [3.8, 4) is 0 Å². The molecule has 0 radical (unpaired) electrons. The van der Waals surface area contributed by atoms with Crippen LogP contribution in [0.1, 0.15) is 54.4 Å². The molecule has 1 aromatic heterocycles. The Bertz CT molecular complexity index is 1610. The van der Waals surface area contributed by atoms with Gasteiger partial charge < -0.3 is 15.5 Å². The van der Waals surface area contributed by atoms with Crippen LogP contribution in [0.5, 0.6) is 0 Å². The average Bonchev–Trinajstić information content (AvgIpc) is 3.55. The van der Waals surface area contributed by atoms with Crippen molar-refractivity contribution in [3.05, 3.63) is 88.1 Å². The molecule has 8 nitrogen and oxygen atoms in total. The number of nitrogens with zero attached hydrogens (tertiary/aromatic N) is 3. The van der Waals surface area contributed by atoms with Crippen LogP contribution in [-0.2, 0) is 32.6 Å². The normalized spacial score (nSPS) is 22.3. The van der Waals surface area contributed by atoms with Gasteiger partial charge in [-0.3, -0.25) is 19.4 Å². The maximum Gasteiger partial charge on any atom is 0.275 e. The van der Waals surface area contributed by atoms with E-state index < -0.39 is 11.1 Å². The summed E-state index contributed by atoms with van der Waals surface area (Å²) in [4.78, 5) is 51.0. The number of halogens is 1. The van der Waals surface area contributed by atoms with Crippen LogP contribution in [-0.4, -0.2) is 45.5 Å². The number of hydrogen-bond acceptors (Lipinski definition) is 5. The van der Waals surface area contributed by atoms with Crippen molar-refractivity contribution in [2.45, 2.75) is 56.0 Å². The maximum atomic E-state index is 13.7. The fourth-order valence-corrected chi connectivity index (χ4v) is 7.09. The maximum absolute atomic E-state index is 13.7. The second kappa shape index (κ2) is 9.27. The third-order valence-electron chi connectivity index (χ3n) is 8.82. The number of aromatic nitrogens is 1. The molecule has 4 aliphatic rings. The molecule has 2 aromatic carbocycles. The number of rotatable bonds is 4. The van der Waals surface area contributed by atoms with Gasteiger partial charge in [0, 0.05) is 23.0 Å². The Kier molecular flexibility index (Phi) is 5.78. The minimum absolute atomic E-state index is 0.0392. The summed E-state index contributed by atoms with van der Waals surface area (Å²) in [7, 11) is 0. The first-order valence-corrected chi connectivity index (χ1v) is 14.1. The van der Waals surface area contributed by atoms with Gasteiger partial charge in [-0.1, -0.05) is 48.4 Å². The number of amides is 3. The number of aliphatic imine (C=N–C) groups is 1. The van der Waals surface area contributed by atoms with Crippen LogP contribution in [0.2, 0.25) is 5.02 Å². The molecule has 3 amide bonds. The molecule has 9 heteroatoms. The molecule has 1 unspecified atom stereocenters. The fourth-order valence-electron chi connectivity index (χ4n) is 6.87. The molecule has 2 N–H and O–H groups in total. The number of benzene rings is 2. The van der Waals surface area contributed by atoms with Crippen LogP contribution in [0, 0.1) is 0 Å². The first-order valence-electron chi connectivity index (χ1n) is 13.7. The summed E-state index contributed by atoms with van der Waals surface area (Å²) < 4.78 is 0. The minimum atomic E-state index is -0.719. The van der Waals surface area contributed by atoms with Crippen molar-refractivity contribution in [2.24, 2.45) is 4.99 Å². The van der Waals surface area contributed by atoms with E-state index in [0.29, 0.717) is 40.6 Å². The third-order valence-corrected chi connectivity index (χ3v) is 9.15. The van der Waals surface area contributed by atoms with Crippen molar-refractivity contribution >= 4 is 46.5 Å². The van der Waals surface area contributed by atoms with Crippen LogP contribution in [0.15, 0.2) is 65.8 Å². The molecular formula is C31H28ClN5O3. The van der Waals surface area contributed by atoms with Gasteiger partial charge in [-0.05, 0) is 73.9 Å². The molecule has 3 aromatic rings. The average molecular weight is 554 g/mol. The molecule has 1 atom stereocenters. The topological polar surface area (TPSA) is 104 Å². The molecule has 1 saturated carbocycles. The highest BCUT2D eigenvalue weighted by Crippen LogP contribution is 2.47. The predicted octanol–water partition coefficient (Wildman–Crippen LogP) is 4.65. The first kappa shape index (κ1) is 25.0. The van der Waals surface area contributed by atoms with Crippen molar-refractivity contribution in [1.82, 2.24) is 9.88 Å². The predicted molar refractivity (Wildman–Crippen MR) is 153 cm³/mol. The zero-order valence-electron chi connectivity index (χ0n) is 21.9. The third kappa shape index (κ3) is 3.84. The molecule has 1 fully saturated rings. The molecule has 0 saturated heterocycles. The standard InChI is InChI=1S/C31H28ClN5O3/c32-24-9-3-2-7-22(24)26-28(39)37(31(36-26)12-4-1-5-13-31)18-25(38)34-21-11-10-19-16-30(17-20(19)15-21)23-8-6-14-33-27(23)35-29(30)40/h2-3,6-11,14-15H,1,4-5,12-13,16-18H2,(H,34,38)(H,33,35,40). The van der Waals surface area contributed by atoms with Crippen molar-refractivity contribution < 1.29 is 14.4 Å². The lowest BCUT2D eigenvalue weighted by molar-refractivity contribution is -0.134. The number of hydrogen-bond donors (Lipinski definition) is 2. The van der Waals surface area contributed by atoms with Gasteiger partial charge in [0.25, 0.3) is 5.91 Å². The lowest BCUT2D eigenvalue weighted by Crippen LogP contribution is -2.51. The Balaban J connectivity index is 1.11. The smallest absolute Gasteiger partial charge is 0.275 e.